The fourth-order valence-electron chi connectivity index (χ4n) is 2.17. The van der Waals surface area contributed by atoms with Gasteiger partial charge < -0.3 is 20.3 Å². The number of phenolic OH excluding ortho intramolecular Hbond substituents is 1. The number of phenols is 1. The highest BCUT2D eigenvalue weighted by molar-refractivity contribution is 5.96. The third kappa shape index (κ3) is 3.27. The summed E-state index contributed by atoms with van der Waals surface area (Å²) in [6.45, 7) is 2.05. The van der Waals surface area contributed by atoms with E-state index in [1.54, 1.807) is 12.1 Å². The van der Waals surface area contributed by atoms with Crippen LogP contribution in [-0.2, 0) is 9.53 Å². The van der Waals surface area contributed by atoms with Crippen molar-refractivity contribution < 1.29 is 24.5 Å². The third-order valence-electron chi connectivity index (χ3n) is 3.27. The van der Waals surface area contributed by atoms with Gasteiger partial charge in [0.25, 0.3) is 5.91 Å². The van der Waals surface area contributed by atoms with Crippen molar-refractivity contribution in [2.75, 3.05) is 6.54 Å². The number of benzene rings is 1. The molecule has 0 bridgehead atoms. The van der Waals surface area contributed by atoms with Crippen LogP contribution in [0.3, 0.4) is 0 Å². The Morgan fingerprint density at radius 1 is 1.40 bits per heavy atom. The summed E-state index contributed by atoms with van der Waals surface area (Å²) in [4.78, 5) is 22.6. The molecule has 6 heteroatoms. The highest BCUT2D eigenvalue weighted by Crippen LogP contribution is 2.20. The second kappa shape index (κ2) is 5.92. The van der Waals surface area contributed by atoms with Crippen molar-refractivity contribution >= 4 is 11.9 Å². The van der Waals surface area contributed by atoms with Crippen molar-refractivity contribution in [1.29, 1.82) is 0 Å². The first-order valence-electron chi connectivity index (χ1n) is 6.43. The molecule has 1 aromatic carbocycles. The number of carboxylic acid groups (broad SMARTS) is 1. The van der Waals surface area contributed by atoms with E-state index in [2.05, 4.69) is 5.32 Å². The number of aromatic hydroxyl groups is 1. The van der Waals surface area contributed by atoms with Gasteiger partial charge in [-0.05, 0) is 37.5 Å². The Bertz CT molecular complexity index is 528. The lowest BCUT2D eigenvalue weighted by molar-refractivity contribution is -0.149. The first-order chi connectivity index (χ1) is 9.47. The molecule has 2 unspecified atom stereocenters. The zero-order chi connectivity index (χ0) is 14.7. The predicted molar refractivity (Wildman–Crippen MR) is 70.7 cm³/mol. The second-order valence-corrected chi connectivity index (χ2v) is 4.89. The highest BCUT2D eigenvalue weighted by Gasteiger charge is 2.30. The Morgan fingerprint density at radius 3 is 2.75 bits per heavy atom. The monoisotopic (exact) mass is 279 g/mol. The summed E-state index contributed by atoms with van der Waals surface area (Å²) in [5.41, 5.74) is 1.06. The molecule has 1 fully saturated rings. The maximum absolute atomic E-state index is 11.9. The highest BCUT2D eigenvalue weighted by atomic mass is 16.5. The van der Waals surface area contributed by atoms with Crippen LogP contribution < -0.4 is 5.32 Å². The summed E-state index contributed by atoms with van der Waals surface area (Å²) in [5.74, 6) is -1.45. The summed E-state index contributed by atoms with van der Waals surface area (Å²) in [5, 5.41) is 21.1. The SMILES string of the molecule is Cc1ccc(C(=O)NCC2CCC(C(=O)O)O2)c(O)c1. The lowest BCUT2D eigenvalue weighted by Gasteiger charge is -2.13. The molecule has 2 rings (SSSR count). The molecule has 108 valence electrons. The van der Waals surface area contributed by atoms with E-state index in [9.17, 15) is 14.7 Å². The number of carbonyl (C=O) groups excluding carboxylic acids is 1. The minimum absolute atomic E-state index is 0.0711. The van der Waals surface area contributed by atoms with E-state index in [1.165, 1.54) is 6.07 Å². The first-order valence-corrected chi connectivity index (χ1v) is 6.43. The number of nitrogens with one attached hydrogen (secondary N) is 1. The van der Waals surface area contributed by atoms with Crippen LogP contribution in [0.25, 0.3) is 0 Å². The molecule has 1 amide bonds. The molecular weight excluding hydrogens is 262 g/mol. The summed E-state index contributed by atoms with van der Waals surface area (Å²) in [6.07, 6.45) is -0.0414. The van der Waals surface area contributed by atoms with Crippen molar-refractivity contribution in [2.24, 2.45) is 0 Å². The largest absolute Gasteiger partial charge is 0.507 e. The van der Waals surface area contributed by atoms with Gasteiger partial charge in [-0.15, -0.1) is 0 Å². The van der Waals surface area contributed by atoms with Gasteiger partial charge >= 0.3 is 5.97 Å². The average Bonchev–Trinajstić information content (AvgIpc) is 2.85. The van der Waals surface area contributed by atoms with E-state index in [0.29, 0.717) is 12.8 Å². The molecule has 0 radical (unpaired) electrons. The quantitative estimate of drug-likeness (QED) is 0.766. The smallest absolute Gasteiger partial charge is 0.332 e. The van der Waals surface area contributed by atoms with Gasteiger partial charge in [0.1, 0.15) is 5.75 Å². The van der Waals surface area contributed by atoms with E-state index in [0.717, 1.165) is 5.56 Å². The Labute approximate surface area is 116 Å². The molecular formula is C14H17NO5. The molecule has 1 aromatic rings. The Balaban J connectivity index is 1.88. The van der Waals surface area contributed by atoms with Gasteiger partial charge in [0, 0.05) is 6.54 Å². The summed E-state index contributed by atoms with van der Waals surface area (Å²) >= 11 is 0. The molecule has 3 N–H and O–H groups in total. The van der Waals surface area contributed by atoms with Crippen molar-refractivity contribution in [1.82, 2.24) is 5.32 Å². The molecule has 2 atom stereocenters. The van der Waals surface area contributed by atoms with Crippen molar-refractivity contribution in [2.45, 2.75) is 32.0 Å². The molecule has 20 heavy (non-hydrogen) atoms. The van der Waals surface area contributed by atoms with E-state index in [1.807, 2.05) is 6.92 Å². The molecule has 1 heterocycles. The predicted octanol–water partition coefficient (Wildman–Crippen LogP) is 1.06. The van der Waals surface area contributed by atoms with Crippen molar-refractivity contribution in [3.05, 3.63) is 29.3 Å². The summed E-state index contributed by atoms with van der Waals surface area (Å²) in [7, 11) is 0. The number of ether oxygens (including phenoxy) is 1. The lowest BCUT2D eigenvalue weighted by Crippen LogP contribution is -2.33. The number of aryl methyl sites for hydroxylation is 1. The standard InChI is InChI=1S/C14H17NO5/c1-8-2-4-10(11(16)6-8)13(17)15-7-9-3-5-12(20-9)14(18)19/h2,4,6,9,12,16H,3,5,7H2,1H3,(H,15,17)(H,18,19). The van der Waals surface area contributed by atoms with E-state index in [-0.39, 0.29) is 24.0 Å². The van der Waals surface area contributed by atoms with Crippen LogP contribution >= 0.6 is 0 Å². The molecule has 1 saturated heterocycles. The molecule has 0 spiro atoms. The van der Waals surface area contributed by atoms with E-state index < -0.39 is 18.0 Å². The maximum atomic E-state index is 11.9. The fraction of sp³-hybridized carbons (Fsp3) is 0.429. The summed E-state index contributed by atoms with van der Waals surface area (Å²) in [6, 6.07) is 4.80. The van der Waals surface area contributed by atoms with Crippen LogP contribution in [0.5, 0.6) is 5.75 Å². The van der Waals surface area contributed by atoms with Crippen LogP contribution in [0, 0.1) is 6.92 Å². The Morgan fingerprint density at radius 2 is 2.15 bits per heavy atom. The zero-order valence-corrected chi connectivity index (χ0v) is 11.1. The number of aliphatic carboxylic acids is 1. The van der Waals surface area contributed by atoms with Crippen LogP contribution in [0.15, 0.2) is 18.2 Å². The van der Waals surface area contributed by atoms with Crippen LogP contribution in [0.1, 0.15) is 28.8 Å². The zero-order valence-electron chi connectivity index (χ0n) is 11.1. The molecule has 0 aliphatic carbocycles. The topological polar surface area (TPSA) is 95.9 Å². The maximum Gasteiger partial charge on any atom is 0.332 e. The van der Waals surface area contributed by atoms with Gasteiger partial charge in [-0.2, -0.15) is 0 Å². The molecule has 1 aliphatic heterocycles. The number of rotatable bonds is 4. The van der Waals surface area contributed by atoms with Crippen LogP contribution in [0.2, 0.25) is 0 Å². The van der Waals surface area contributed by atoms with Gasteiger partial charge in [-0.3, -0.25) is 4.79 Å². The van der Waals surface area contributed by atoms with Gasteiger partial charge in [0.05, 0.1) is 11.7 Å². The number of carboxylic acids is 1. The minimum atomic E-state index is -0.977. The number of carbonyl (C=O) groups is 2. The van der Waals surface area contributed by atoms with E-state index >= 15 is 0 Å². The average molecular weight is 279 g/mol. The summed E-state index contributed by atoms with van der Waals surface area (Å²) < 4.78 is 5.28. The number of hydrogen-bond donors (Lipinski definition) is 3. The molecule has 0 saturated carbocycles. The van der Waals surface area contributed by atoms with Gasteiger partial charge in [0.2, 0.25) is 0 Å². The Hall–Kier alpha value is -2.08. The Kier molecular flexibility index (Phi) is 4.24. The van der Waals surface area contributed by atoms with E-state index in [4.69, 9.17) is 9.84 Å². The fourth-order valence-corrected chi connectivity index (χ4v) is 2.17. The van der Waals surface area contributed by atoms with Gasteiger partial charge in [0.15, 0.2) is 6.10 Å². The van der Waals surface area contributed by atoms with Gasteiger partial charge in [-0.25, -0.2) is 4.79 Å². The third-order valence-corrected chi connectivity index (χ3v) is 3.27. The lowest BCUT2D eigenvalue weighted by atomic mass is 10.1. The van der Waals surface area contributed by atoms with Crippen LogP contribution in [0.4, 0.5) is 0 Å². The van der Waals surface area contributed by atoms with Crippen LogP contribution in [-0.4, -0.2) is 40.8 Å². The normalized spacial score (nSPS) is 21.6. The number of hydrogen-bond acceptors (Lipinski definition) is 4. The molecule has 6 nitrogen and oxygen atoms in total. The molecule has 1 aliphatic rings. The van der Waals surface area contributed by atoms with Crippen molar-refractivity contribution in [3.63, 3.8) is 0 Å². The first kappa shape index (κ1) is 14.3. The van der Waals surface area contributed by atoms with Gasteiger partial charge in [-0.1, -0.05) is 6.07 Å². The minimum Gasteiger partial charge on any atom is -0.507 e. The number of amides is 1. The molecule has 0 aromatic heterocycles. The van der Waals surface area contributed by atoms with Crippen molar-refractivity contribution in [3.8, 4) is 5.75 Å². The second-order valence-electron chi connectivity index (χ2n) is 4.89.